The number of rotatable bonds is 7. The number of alkyl halides is 3. The molecule has 0 saturated heterocycles. The summed E-state index contributed by atoms with van der Waals surface area (Å²) in [5.41, 5.74) is -0.739. The molecule has 17 heavy (non-hydrogen) atoms. The molecule has 0 unspecified atom stereocenters. The number of amides is 1. The summed E-state index contributed by atoms with van der Waals surface area (Å²) in [4.78, 5) is 11.4. The summed E-state index contributed by atoms with van der Waals surface area (Å²) in [6, 6.07) is 0. The van der Waals surface area contributed by atoms with Gasteiger partial charge in [-0.15, -0.1) is 0 Å². The van der Waals surface area contributed by atoms with E-state index >= 15 is 0 Å². The molecule has 0 heterocycles. The highest BCUT2D eigenvalue weighted by atomic mass is 19.4. The van der Waals surface area contributed by atoms with Crippen LogP contribution in [0.3, 0.4) is 0 Å². The van der Waals surface area contributed by atoms with Gasteiger partial charge in [-0.1, -0.05) is 13.8 Å². The SMILES string of the molecule is CCC(CC)(CO)NC(=O)CNCC(F)(F)F. The van der Waals surface area contributed by atoms with Crippen LogP contribution in [0.4, 0.5) is 13.2 Å². The van der Waals surface area contributed by atoms with Crippen LogP contribution in [0.25, 0.3) is 0 Å². The second kappa shape index (κ2) is 6.80. The maximum absolute atomic E-state index is 11.8. The van der Waals surface area contributed by atoms with E-state index in [2.05, 4.69) is 5.32 Å². The van der Waals surface area contributed by atoms with Crippen molar-refractivity contribution in [2.45, 2.75) is 38.4 Å². The van der Waals surface area contributed by atoms with E-state index in [1.807, 2.05) is 5.32 Å². The van der Waals surface area contributed by atoms with Crippen molar-refractivity contribution in [2.75, 3.05) is 19.7 Å². The van der Waals surface area contributed by atoms with Crippen LogP contribution in [0.5, 0.6) is 0 Å². The van der Waals surface area contributed by atoms with Crippen molar-refractivity contribution in [3.63, 3.8) is 0 Å². The molecule has 0 fully saturated rings. The van der Waals surface area contributed by atoms with Gasteiger partial charge >= 0.3 is 6.18 Å². The highest BCUT2D eigenvalue weighted by Gasteiger charge is 2.29. The van der Waals surface area contributed by atoms with E-state index in [4.69, 9.17) is 5.11 Å². The van der Waals surface area contributed by atoms with Gasteiger partial charge < -0.3 is 15.7 Å². The number of carbonyl (C=O) groups is 1. The molecule has 0 bridgehead atoms. The lowest BCUT2D eigenvalue weighted by Crippen LogP contribution is -2.53. The lowest BCUT2D eigenvalue weighted by molar-refractivity contribution is -0.129. The summed E-state index contributed by atoms with van der Waals surface area (Å²) in [5, 5.41) is 13.7. The van der Waals surface area contributed by atoms with Gasteiger partial charge in [0.05, 0.1) is 25.2 Å². The third-order valence-corrected chi connectivity index (χ3v) is 2.67. The van der Waals surface area contributed by atoms with E-state index in [0.29, 0.717) is 12.8 Å². The van der Waals surface area contributed by atoms with Crippen molar-refractivity contribution < 1.29 is 23.1 Å². The van der Waals surface area contributed by atoms with Gasteiger partial charge in [-0.2, -0.15) is 13.2 Å². The molecule has 0 saturated carbocycles. The maximum Gasteiger partial charge on any atom is 0.401 e. The predicted octanol–water partition coefficient (Wildman–Crippen LogP) is 0.806. The zero-order valence-corrected chi connectivity index (χ0v) is 10.0. The highest BCUT2D eigenvalue weighted by molar-refractivity contribution is 5.78. The molecule has 0 aliphatic carbocycles. The van der Waals surface area contributed by atoms with Crippen LogP contribution < -0.4 is 10.6 Å². The molecule has 0 aromatic rings. The fourth-order valence-electron chi connectivity index (χ4n) is 1.35. The second-order valence-corrected chi connectivity index (χ2v) is 3.91. The molecule has 0 rings (SSSR count). The molecule has 0 atom stereocenters. The second-order valence-electron chi connectivity index (χ2n) is 3.91. The quantitative estimate of drug-likeness (QED) is 0.631. The molecule has 4 nitrogen and oxygen atoms in total. The fraction of sp³-hybridized carbons (Fsp3) is 0.900. The van der Waals surface area contributed by atoms with Gasteiger partial charge in [0, 0.05) is 0 Å². The van der Waals surface area contributed by atoms with Crippen LogP contribution >= 0.6 is 0 Å². The summed E-state index contributed by atoms with van der Waals surface area (Å²) in [6.07, 6.45) is -3.29. The third kappa shape index (κ3) is 6.48. The summed E-state index contributed by atoms with van der Waals surface area (Å²) >= 11 is 0. The van der Waals surface area contributed by atoms with Gasteiger partial charge in [-0.05, 0) is 12.8 Å². The Hall–Kier alpha value is -0.820. The van der Waals surface area contributed by atoms with Crippen LogP contribution in [-0.2, 0) is 4.79 Å². The first-order valence-electron chi connectivity index (χ1n) is 5.48. The summed E-state index contributed by atoms with van der Waals surface area (Å²) in [6.45, 7) is 1.74. The summed E-state index contributed by atoms with van der Waals surface area (Å²) < 4.78 is 35.4. The van der Waals surface area contributed by atoms with Crippen molar-refractivity contribution in [3.8, 4) is 0 Å². The normalized spacial score (nSPS) is 12.6. The lowest BCUT2D eigenvalue weighted by Gasteiger charge is -2.30. The Bertz CT molecular complexity index is 232. The van der Waals surface area contributed by atoms with Crippen LogP contribution in [0, 0.1) is 0 Å². The van der Waals surface area contributed by atoms with Gasteiger partial charge in [0.1, 0.15) is 0 Å². The molecule has 0 spiro atoms. The topological polar surface area (TPSA) is 61.4 Å². The average Bonchev–Trinajstić information content (AvgIpc) is 2.24. The van der Waals surface area contributed by atoms with E-state index in [0.717, 1.165) is 0 Å². The van der Waals surface area contributed by atoms with Crippen LogP contribution in [0.15, 0.2) is 0 Å². The van der Waals surface area contributed by atoms with E-state index in [1.54, 1.807) is 13.8 Å². The molecule has 1 amide bonds. The average molecular weight is 256 g/mol. The van der Waals surface area contributed by atoms with Crippen molar-refractivity contribution in [1.82, 2.24) is 10.6 Å². The Morgan fingerprint density at radius 3 is 2.12 bits per heavy atom. The Balaban J connectivity index is 4.08. The minimum atomic E-state index is -4.33. The number of aliphatic hydroxyl groups excluding tert-OH is 1. The predicted molar refractivity (Wildman–Crippen MR) is 57.5 cm³/mol. The molecule has 3 N–H and O–H groups in total. The molecular weight excluding hydrogens is 237 g/mol. The smallest absolute Gasteiger partial charge is 0.394 e. The minimum Gasteiger partial charge on any atom is -0.394 e. The van der Waals surface area contributed by atoms with Crippen molar-refractivity contribution in [2.24, 2.45) is 0 Å². The molecule has 0 aromatic carbocycles. The Labute approximate surface area is 98.6 Å². The standard InChI is InChI=1S/C10H19F3N2O2/c1-3-9(4-2,7-16)15-8(17)5-14-6-10(11,12)13/h14,16H,3-7H2,1-2H3,(H,15,17). The lowest BCUT2D eigenvalue weighted by atomic mass is 9.94. The van der Waals surface area contributed by atoms with Crippen molar-refractivity contribution in [1.29, 1.82) is 0 Å². The van der Waals surface area contributed by atoms with Gasteiger partial charge in [0.15, 0.2) is 0 Å². The molecule has 102 valence electrons. The van der Waals surface area contributed by atoms with Crippen LogP contribution in [-0.4, -0.2) is 42.4 Å². The van der Waals surface area contributed by atoms with Gasteiger partial charge in [0.2, 0.25) is 5.91 Å². The number of hydrogen-bond donors (Lipinski definition) is 3. The van der Waals surface area contributed by atoms with E-state index in [-0.39, 0.29) is 6.61 Å². The van der Waals surface area contributed by atoms with E-state index in [9.17, 15) is 18.0 Å². The highest BCUT2D eigenvalue weighted by Crippen LogP contribution is 2.14. The van der Waals surface area contributed by atoms with Crippen LogP contribution in [0.1, 0.15) is 26.7 Å². The van der Waals surface area contributed by atoms with Crippen LogP contribution in [0.2, 0.25) is 0 Å². The summed E-state index contributed by atoms with van der Waals surface area (Å²) in [7, 11) is 0. The van der Waals surface area contributed by atoms with E-state index < -0.39 is 30.7 Å². The first-order chi connectivity index (χ1) is 7.78. The largest absolute Gasteiger partial charge is 0.401 e. The van der Waals surface area contributed by atoms with E-state index in [1.165, 1.54) is 0 Å². The van der Waals surface area contributed by atoms with Crippen molar-refractivity contribution >= 4 is 5.91 Å². The molecule has 7 heteroatoms. The first-order valence-corrected chi connectivity index (χ1v) is 5.48. The van der Waals surface area contributed by atoms with Gasteiger partial charge in [-0.25, -0.2) is 0 Å². The zero-order chi connectivity index (χ0) is 13.5. The third-order valence-electron chi connectivity index (χ3n) is 2.67. The number of halogens is 3. The fourth-order valence-corrected chi connectivity index (χ4v) is 1.35. The number of hydrogen-bond acceptors (Lipinski definition) is 3. The minimum absolute atomic E-state index is 0.231. The molecule has 0 radical (unpaired) electrons. The number of carbonyl (C=O) groups excluding carboxylic acids is 1. The molecule has 0 aliphatic rings. The number of aliphatic hydroxyl groups is 1. The molecule has 0 aliphatic heterocycles. The summed E-state index contributed by atoms with van der Waals surface area (Å²) in [5.74, 6) is -0.549. The zero-order valence-electron chi connectivity index (χ0n) is 10.0. The number of nitrogens with one attached hydrogen (secondary N) is 2. The Morgan fingerprint density at radius 1 is 1.24 bits per heavy atom. The maximum atomic E-state index is 11.8. The Morgan fingerprint density at radius 2 is 1.76 bits per heavy atom. The monoisotopic (exact) mass is 256 g/mol. The van der Waals surface area contributed by atoms with Gasteiger partial charge in [0.25, 0.3) is 0 Å². The first kappa shape index (κ1) is 16.2. The Kier molecular flexibility index (Phi) is 6.48. The molecule has 0 aromatic heterocycles. The van der Waals surface area contributed by atoms with Gasteiger partial charge in [-0.3, -0.25) is 4.79 Å². The molecular formula is C10H19F3N2O2. The van der Waals surface area contributed by atoms with Crippen molar-refractivity contribution in [3.05, 3.63) is 0 Å².